The standard InChI is InChI=1S/C20H13NO2/c22-20(17-11-3-7-14-6-1-2-10-16(14)17)23-18-12-4-8-15-9-5-13-21-19(15)18/h1-13H. The number of para-hydroxylation sites is 1. The maximum absolute atomic E-state index is 12.6. The molecular weight excluding hydrogens is 286 g/mol. The van der Waals surface area contributed by atoms with Crippen LogP contribution in [0.3, 0.4) is 0 Å². The minimum atomic E-state index is -0.375. The predicted molar refractivity (Wildman–Crippen MR) is 90.6 cm³/mol. The lowest BCUT2D eigenvalue weighted by atomic mass is 10.0. The number of aromatic nitrogens is 1. The Morgan fingerprint density at radius 3 is 2.48 bits per heavy atom. The van der Waals surface area contributed by atoms with Gasteiger partial charge in [-0.15, -0.1) is 0 Å². The highest BCUT2D eigenvalue weighted by Crippen LogP contribution is 2.25. The smallest absolute Gasteiger partial charge is 0.344 e. The van der Waals surface area contributed by atoms with Crippen molar-refractivity contribution < 1.29 is 9.53 Å². The molecule has 0 aliphatic carbocycles. The van der Waals surface area contributed by atoms with Gasteiger partial charge in [-0.05, 0) is 29.0 Å². The monoisotopic (exact) mass is 299 g/mol. The van der Waals surface area contributed by atoms with Crippen LogP contribution in [-0.4, -0.2) is 11.0 Å². The Hall–Kier alpha value is -3.20. The summed E-state index contributed by atoms with van der Waals surface area (Å²) >= 11 is 0. The highest BCUT2D eigenvalue weighted by atomic mass is 16.5. The summed E-state index contributed by atoms with van der Waals surface area (Å²) in [4.78, 5) is 16.9. The van der Waals surface area contributed by atoms with Crippen LogP contribution in [0.2, 0.25) is 0 Å². The minimum Gasteiger partial charge on any atom is -0.421 e. The van der Waals surface area contributed by atoms with Crippen molar-refractivity contribution in [1.29, 1.82) is 0 Å². The molecule has 0 amide bonds. The fourth-order valence-corrected chi connectivity index (χ4v) is 2.72. The molecule has 4 aromatic rings. The van der Waals surface area contributed by atoms with Crippen molar-refractivity contribution in [3.8, 4) is 5.75 Å². The molecule has 0 aliphatic heterocycles. The highest BCUT2D eigenvalue weighted by molar-refractivity contribution is 6.05. The average Bonchev–Trinajstić information content (AvgIpc) is 2.61. The molecule has 0 radical (unpaired) electrons. The molecule has 3 aromatic carbocycles. The number of ether oxygens (including phenoxy) is 1. The summed E-state index contributed by atoms with van der Waals surface area (Å²) in [6.45, 7) is 0. The highest BCUT2D eigenvalue weighted by Gasteiger charge is 2.14. The Morgan fingerprint density at radius 1 is 0.783 bits per heavy atom. The van der Waals surface area contributed by atoms with Crippen molar-refractivity contribution in [2.75, 3.05) is 0 Å². The first-order valence-corrected chi connectivity index (χ1v) is 7.36. The van der Waals surface area contributed by atoms with E-state index in [0.29, 0.717) is 16.8 Å². The zero-order valence-electron chi connectivity index (χ0n) is 12.3. The molecule has 4 rings (SSSR count). The Balaban J connectivity index is 1.77. The number of nitrogens with zero attached hydrogens (tertiary/aromatic N) is 1. The molecule has 0 bridgehead atoms. The quantitative estimate of drug-likeness (QED) is 0.401. The third-order valence-corrected chi connectivity index (χ3v) is 3.81. The number of pyridine rings is 1. The number of rotatable bonds is 2. The number of esters is 1. The Labute approximate surface area is 133 Å². The number of hydrogen-bond acceptors (Lipinski definition) is 3. The van der Waals surface area contributed by atoms with Crippen LogP contribution in [-0.2, 0) is 0 Å². The third kappa shape index (κ3) is 2.42. The lowest BCUT2D eigenvalue weighted by Crippen LogP contribution is -2.09. The number of carbonyl (C=O) groups is 1. The van der Waals surface area contributed by atoms with Crippen molar-refractivity contribution in [3.63, 3.8) is 0 Å². The van der Waals surface area contributed by atoms with Crippen LogP contribution >= 0.6 is 0 Å². The van der Waals surface area contributed by atoms with E-state index in [1.165, 1.54) is 0 Å². The second-order valence-corrected chi connectivity index (χ2v) is 5.25. The van der Waals surface area contributed by atoms with E-state index in [9.17, 15) is 4.79 Å². The Kier molecular flexibility index (Phi) is 3.24. The summed E-state index contributed by atoms with van der Waals surface area (Å²) < 4.78 is 5.62. The first-order valence-electron chi connectivity index (χ1n) is 7.36. The van der Waals surface area contributed by atoms with E-state index >= 15 is 0 Å². The normalized spacial score (nSPS) is 10.8. The zero-order valence-corrected chi connectivity index (χ0v) is 12.3. The molecule has 1 aromatic heterocycles. The lowest BCUT2D eigenvalue weighted by Gasteiger charge is -2.09. The van der Waals surface area contributed by atoms with Crippen LogP contribution in [0.25, 0.3) is 21.7 Å². The molecule has 23 heavy (non-hydrogen) atoms. The summed E-state index contributed by atoms with van der Waals surface area (Å²) in [5.41, 5.74) is 1.24. The first kappa shape index (κ1) is 13.5. The van der Waals surface area contributed by atoms with E-state index < -0.39 is 0 Å². The van der Waals surface area contributed by atoms with Crippen LogP contribution < -0.4 is 4.74 Å². The molecule has 0 fully saturated rings. The maximum atomic E-state index is 12.6. The molecule has 0 N–H and O–H groups in total. The summed E-state index contributed by atoms with van der Waals surface area (Å²) in [6.07, 6.45) is 1.69. The molecule has 0 spiro atoms. The van der Waals surface area contributed by atoms with Crippen LogP contribution in [0, 0.1) is 0 Å². The van der Waals surface area contributed by atoms with Gasteiger partial charge < -0.3 is 4.74 Å². The number of benzene rings is 3. The van der Waals surface area contributed by atoms with Crippen molar-refractivity contribution >= 4 is 27.6 Å². The van der Waals surface area contributed by atoms with E-state index in [1.807, 2.05) is 60.7 Å². The van der Waals surface area contributed by atoms with Gasteiger partial charge in [0.1, 0.15) is 5.52 Å². The predicted octanol–water partition coefficient (Wildman–Crippen LogP) is 4.61. The van der Waals surface area contributed by atoms with Crippen LogP contribution in [0.5, 0.6) is 5.75 Å². The van der Waals surface area contributed by atoms with Gasteiger partial charge in [0.05, 0.1) is 5.56 Å². The maximum Gasteiger partial charge on any atom is 0.344 e. The van der Waals surface area contributed by atoms with Crippen molar-refractivity contribution in [1.82, 2.24) is 4.98 Å². The Bertz CT molecular complexity index is 1010. The van der Waals surface area contributed by atoms with E-state index in [4.69, 9.17) is 4.74 Å². The van der Waals surface area contributed by atoms with Gasteiger partial charge in [0, 0.05) is 11.6 Å². The molecule has 3 nitrogen and oxygen atoms in total. The SMILES string of the molecule is O=C(Oc1cccc2cccnc12)c1cccc2ccccc12. The minimum absolute atomic E-state index is 0.375. The van der Waals surface area contributed by atoms with E-state index in [1.54, 1.807) is 18.3 Å². The van der Waals surface area contributed by atoms with Gasteiger partial charge in [-0.3, -0.25) is 4.98 Å². The van der Waals surface area contributed by atoms with Crippen LogP contribution in [0.4, 0.5) is 0 Å². The molecule has 0 aliphatic rings. The zero-order chi connectivity index (χ0) is 15.6. The largest absolute Gasteiger partial charge is 0.421 e. The molecule has 3 heteroatoms. The molecule has 110 valence electrons. The summed E-state index contributed by atoms with van der Waals surface area (Å²) in [5, 5.41) is 2.84. The van der Waals surface area contributed by atoms with Gasteiger partial charge in [0.2, 0.25) is 0 Å². The third-order valence-electron chi connectivity index (χ3n) is 3.81. The van der Waals surface area contributed by atoms with E-state index in [-0.39, 0.29) is 5.97 Å². The fourth-order valence-electron chi connectivity index (χ4n) is 2.72. The second-order valence-electron chi connectivity index (χ2n) is 5.25. The molecular formula is C20H13NO2. The first-order chi connectivity index (χ1) is 11.3. The van der Waals surface area contributed by atoms with Crippen molar-refractivity contribution in [2.45, 2.75) is 0 Å². The Morgan fingerprint density at radius 2 is 1.52 bits per heavy atom. The molecule has 0 atom stereocenters. The van der Waals surface area contributed by atoms with Crippen molar-refractivity contribution in [2.24, 2.45) is 0 Å². The van der Waals surface area contributed by atoms with Crippen LogP contribution in [0.1, 0.15) is 10.4 Å². The van der Waals surface area contributed by atoms with Gasteiger partial charge in [0.15, 0.2) is 5.75 Å². The average molecular weight is 299 g/mol. The van der Waals surface area contributed by atoms with Gasteiger partial charge in [-0.25, -0.2) is 4.79 Å². The van der Waals surface area contributed by atoms with Crippen LogP contribution in [0.15, 0.2) is 79.0 Å². The fraction of sp³-hybridized carbons (Fsp3) is 0. The van der Waals surface area contributed by atoms with Gasteiger partial charge in [-0.1, -0.05) is 54.6 Å². The van der Waals surface area contributed by atoms with E-state index in [2.05, 4.69) is 4.98 Å². The van der Waals surface area contributed by atoms with Gasteiger partial charge in [-0.2, -0.15) is 0 Å². The van der Waals surface area contributed by atoms with Crippen molar-refractivity contribution in [3.05, 3.63) is 84.6 Å². The second kappa shape index (κ2) is 5.54. The summed E-state index contributed by atoms with van der Waals surface area (Å²) in [6, 6.07) is 22.8. The lowest BCUT2D eigenvalue weighted by molar-refractivity contribution is 0.0739. The number of hydrogen-bond donors (Lipinski definition) is 0. The van der Waals surface area contributed by atoms with Gasteiger partial charge in [0.25, 0.3) is 0 Å². The van der Waals surface area contributed by atoms with Gasteiger partial charge >= 0.3 is 5.97 Å². The van der Waals surface area contributed by atoms with E-state index in [0.717, 1.165) is 16.2 Å². The topological polar surface area (TPSA) is 39.2 Å². The number of carbonyl (C=O) groups excluding carboxylic acids is 1. The summed E-state index contributed by atoms with van der Waals surface area (Å²) in [7, 11) is 0. The molecule has 0 unspecified atom stereocenters. The summed E-state index contributed by atoms with van der Waals surface area (Å²) in [5.74, 6) is 0.0981. The molecule has 1 heterocycles. The molecule has 0 saturated carbocycles. The number of fused-ring (bicyclic) bond motifs is 2. The molecule has 0 saturated heterocycles.